The Morgan fingerprint density at radius 1 is 0.531 bits per heavy atom. The van der Waals surface area contributed by atoms with E-state index in [1.165, 1.54) is 12.1 Å². The van der Waals surface area contributed by atoms with Crippen LogP contribution in [0.5, 0.6) is 0 Å². The third-order valence-electron chi connectivity index (χ3n) is 4.67. The molecule has 32 heavy (non-hydrogen) atoms. The van der Waals surface area contributed by atoms with Crippen molar-refractivity contribution in [1.29, 1.82) is 0 Å². The van der Waals surface area contributed by atoms with E-state index in [2.05, 4.69) is 0 Å². The molecule has 10 heteroatoms. The molecule has 0 aliphatic carbocycles. The lowest BCUT2D eigenvalue weighted by Gasteiger charge is -2.15. The van der Waals surface area contributed by atoms with Crippen molar-refractivity contribution in [2.45, 2.75) is 13.1 Å². The summed E-state index contributed by atoms with van der Waals surface area (Å²) in [5.74, 6) is 0. The van der Waals surface area contributed by atoms with Crippen molar-refractivity contribution in [3.8, 4) is 0 Å². The van der Waals surface area contributed by atoms with Gasteiger partial charge in [-0.1, -0.05) is 0 Å². The second-order valence-corrected chi connectivity index (χ2v) is 6.85. The number of methoxy groups -OCH3 is 2. The Balaban J connectivity index is 1.90. The molecule has 0 atom stereocenters. The number of aromatic nitrogens is 2. The van der Waals surface area contributed by atoms with Crippen LogP contribution in [0, 0.1) is 0 Å². The van der Waals surface area contributed by atoms with E-state index < -0.39 is 0 Å². The third-order valence-corrected chi connectivity index (χ3v) is 4.67. The lowest BCUT2D eigenvalue weighted by atomic mass is 10.3. The summed E-state index contributed by atoms with van der Waals surface area (Å²) in [7, 11) is 3.24. The average Bonchev–Trinajstić information content (AvgIpc) is 2.79. The molecule has 0 saturated carbocycles. The molecular formula is C22H34N2O8. The van der Waals surface area contributed by atoms with E-state index in [0.717, 1.165) is 0 Å². The molecule has 0 radical (unpaired) electrons. The molecule has 0 N–H and O–H groups in total. The van der Waals surface area contributed by atoms with Gasteiger partial charge in [0.25, 0.3) is 11.1 Å². The Morgan fingerprint density at radius 3 is 1.25 bits per heavy atom. The second kappa shape index (κ2) is 15.7. The van der Waals surface area contributed by atoms with Crippen LogP contribution in [0.25, 0.3) is 11.0 Å². The first-order valence-corrected chi connectivity index (χ1v) is 10.7. The van der Waals surface area contributed by atoms with Gasteiger partial charge in [0.2, 0.25) is 0 Å². The lowest BCUT2D eigenvalue weighted by Crippen LogP contribution is -2.27. The van der Waals surface area contributed by atoms with Crippen LogP contribution in [0.15, 0.2) is 33.9 Å². The Bertz CT molecular complexity index is 822. The number of hydrogen-bond acceptors (Lipinski definition) is 8. The van der Waals surface area contributed by atoms with Gasteiger partial charge in [-0.2, -0.15) is 0 Å². The number of hydrogen-bond donors (Lipinski definition) is 0. The van der Waals surface area contributed by atoms with Gasteiger partial charge < -0.3 is 37.6 Å². The highest BCUT2D eigenvalue weighted by molar-refractivity contribution is 5.74. The Labute approximate surface area is 187 Å². The monoisotopic (exact) mass is 454 g/mol. The highest BCUT2D eigenvalue weighted by Gasteiger charge is 2.08. The van der Waals surface area contributed by atoms with Crippen LogP contribution in [-0.2, 0) is 41.5 Å². The molecule has 180 valence electrons. The predicted octanol–water partition coefficient (Wildman–Crippen LogP) is 0.522. The zero-order valence-corrected chi connectivity index (χ0v) is 19.0. The van der Waals surface area contributed by atoms with Gasteiger partial charge >= 0.3 is 0 Å². The van der Waals surface area contributed by atoms with E-state index in [0.29, 0.717) is 90.2 Å². The maximum absolute atomic E-state index is 12.4. The van der Waals surface area contributed by atoms with Crippen molar-refractivity contribution in [2.24, 2.45) is 0 Å². The molecule has 2 rings (SSSR count). The molecule has 0 spiro atoms. The summed E-state index contributed by atoms with van der Waals surface area (Å²) >= 11 is 0. The summed E-state index contributed by atoms with van der Waals surface area (Å²) in [6.07, 6.45) is 0. The molecule has 2 aromatic heterocycles. The van der Waals surface area contributed by atoms with Crippen LogP contribution in [-0.4, -0.2) is 89.4 Å². The quantitative estimate of drug-likeness (QED) is 0.301. The molecule has 0 aliphatic rings. The zero-order valence-electron chi connectivity index (χ0n) is 19.0. The van der Waals surface area contributed by atoms with Crippen molar-refractivity contribution in [2.75, 3.05) is 80.3 Å². The number of pyridine rings is 2. The number of ether oxygens (including phenoxy) is 6. The van der Waals surface area contributed by atoms with Crippen LogP contribution < -0.4 is 11.1 Å². The molecule has 0 saturated heterocycles. The molecule has 2 aromatic rings. The maximum Gasteiger partial charge on any atom is 0.251 e. The van der Waals surface area contributed by atoms with Crippen molar-refractivity contribution >= 4 is 11.0 Å². The van der Waals surface area contributed by atoms with Crippen LogP contribution >= 0.6 is 0 Å². The van der Waals surface area contributed by atoms with E-state index in [4.69, 9.17) is 28.4 Å². The van der Waals surface area contributed by atoms with Gasteiger partial charge in [-0.05, 0) is 12.1 Å². The summed E-state index contributed by atoms with van der Waals surface area (Å²) in [6, 6.07) is 6.29. The molecule has 0 bridgehead atoms. The molecule has 10 nitrogen and oxygen atoms in total. The van der Waals surface area contributed by atoms with Crippen LogP contribution in [0.2, 0.25) is 0 Å². The van der Waals surface area contributed by atoms with Gasteiger partial charge in [-0.15, -0.1) is 0 Å². The predicted molar refractivity (Wildman–Crippen MR) is 119 cm³/mol. The highest BCUT2D eigenvalue weighted by Crippen LogP contribution is 2.10. The topological polar surface area (TPSA) is 99.4 Å². The van der Waals surface area contributed by atoms with Gasteiger partial charge in [-0.3, -0.25) is 9.59 Å². The zero-order chi connectivity index (χ0) is 23.0. The molecule has 0 aliphatic heterocycles. The van der Waals surface area contributed by atoms with Crippen molar-refractivity contribution in [3.05, 3.63) is 45.0 Å². The van der Waals surface area contributed by atoms with E-state index in [9.17, 15) is 9.59 Å². The maximum atomic E-state index is 12.4. The largest absolute Gasteiger partial charge is 0.382 e. The van der Waals surface area contributed by atoms with Gasteiger partial charge in [0, 0.05) is 39.4 Å². The summed E-state index contributed by atoms with van der Waals surface area (Å²) in [6.45, 7) is 5.38. The average molecular weight is 455 g/mol. The molecular weight excluding hydrogens is 420 g/mol. The number of rotatable bonds is 18. The SMILES string of the molecule is COCCOCCOCCn1c(=O)ccc2c1ccc(=O)n2CCOCCOCCOC. The summed E-state index contributed by atoms with van der Waals surface area (Å²) in [5, 5.41) is 0. The molecule has 2 heterocycles. The molecule has 0 unspecified atom stereocenters. The van der Waals surface area contributed by atoms with E-state index in [1.54, 1.807) is 35.5 Å². The standard InChI is InChI=1S/C22H34N2O8/c1-27-11-13-31-17-15-29-9-7-23-19-3-6-22(26)24(20(19)4-5-21(23)25)8-10-30-16-18-32-14-12-28-2/h3-6H,7-18H2,1-2H3. The second-order valence-electron chi connectivity index (χ2n) is 6.85. The lowest BCUT2D eigenvalue weighted by molar-refractivity contribution is 0.0229. The normalized spacial score (nSPS) is 11.4. The Hall–Kier alpha value is -2.08. The molecule has 0 fully saturated rings. The van der Waals surface area contributed by atoms with Gasteiger partial charge in [-0.25, -0.2) is 0 Å². The van der Waals surface area contributed by atoms with Crippen molar-refractivity contribution in [3.63, 3.8) is 0 Å². The number of fused-ring (bicyclic) bond motifs is 1. The van der Waals surface area contributed by atoms with E-state index in [-0.39, 0.29) is 11.1 Å². The molecule has 0 aromatic carbocycles. The Kier molecular flexibility index (Phi) is 12.8. The van der Waals surface area contributed by atoms with Crippen LogP contribution in [0.1, 0.15) is 0 Å². The van der Waals surface area contributed by atoms with Crippen LogP contribution in [0.3, 0.4) is 0 Å². The first-order valence-electron chi connectivity index (χ1n) is 10.7. The van der Waals surface area contributed by atoms with Gasteiger partial charge in [0.15, 0.2) is 0 Å². The number of nitrogens with zero attached hydrogens (tertiary/aromatic N) is 2. The van der Waals surface area contributed by atoms with E-state index in [1.807, 2.05) is 0 Å². The minimum absolute atomic E-state index is 0.146. The highest BCUT2D eigenvalue weighted by atomic mass is 16.5. The first-order chi connectivity index (χ1) is 15.7. The fourth-order valence-corrected chi connectivity index (χ4v) is 3.05. The minimum Gasteiger partial charge on any atom is -0.382 e. The van der Waals surface area contributed by atoms with Crippen molar-refractivity contribution < 1.29 is 28.4 Å². The summed E-state index contributed by atoms with van der Waals surface area (Å²) in [4.78, 5) is 24.8. The first kappa shape index (κ1) is 26.2. The molecule has 0 amide bonds. The third kappa shape index (κ3) is 8.81. The minimum atomic E-state index is -0.146. The van der Waals surface area contributed by atoms with Gasteiger partial charge in [0.1, 0.15) is 0 Å². The van der Waals surface area contributed by atoms with Gasteiger partial charge in [0.05, 0.1) is 77.1 Å². The smallest absolute Gasteiger partial charge is 0.251 e. The van der Waals surface area contributed by atoms with E-state index >= 15 is 0 Å². The summed E-state index contributed by atoms with van der Waals surface area (Å²) < 4.78 is 34.9. The Morgan fingerprint density at radius 2 is 0.875 bits per heavy atom. The van der Waals surface area contributed by atoms with Crippen molar-refractivity contribution in [1.82, 2.24) is 9.13 Å². The fraction of sp³-hybridized carbons (Fsp3) is 0.636. The van der Waals surface area contributed by atoms with Crippen LogP contribution in [0.4, 0.5) is 0 Å². The summed E-state index contributed by atoms with van der Waals surface area (Å²) in [5.41, 5.74) is 1.07. The fourth-order valence-electron chi connectivity index (χ4n) is 3.05.